The summed E-state index contributed by atoms with van der Waals surface area (Å²) in [6.07, 6.45) is 1.62. The molecule has 0 radical (unpaired) electrons. The molecule has 3 atom stereocenters. The summed E-state index contributed by atoms with van der Waals surface area (Å²) in [6.45, 7) is 0.976. The first-order valence-corrected chi connectivity index (χ1v) is 16.0. The van der Waals surface area contributed by atoms with Crippen LogP contribution in [0.15, 0.2) is 134 Å². The maximum Gasteiger partial charge on any atom is 0.319 e. The molecule has 9 nitrogen and oxygen atoms in total. The number of aliphatic hydroxyl groups excluding tert-OH is 1. The Kier molecular flexibility index (Phi) is 9.42. The molecule has 5 aromatic carbocycles. The number of para-hydroxylation sites is 3. The molecule has 0 bridgehead atoms. The Morgan fingerprint density at radius 2 is 1.48 bits per heavy atom. The van der Waals surface area contributed by atoms with Gasteiger partial charge in [-0.15, -0.1) is 0 Å². The lowest BCUT2D eigenvalue weighted by Gasteiger charge is -2.36. The molecule has 2 amide bonds. The first kappa shape index (κ1) is 31.1. The third kappa shape index (κ3) is 7.56. The van der Waals surface area contributed by atoms with E-state index in [1.807, 2.05) is 116 Å². The molecule has 0 spiro atoms. The zero-order valence-corrected chi connectivity index (χ0v) is 26.2. The number of carbonyl (C=O) groups excluding carboxylic acids is 1. The van der Waals surface area contributed by atoms with Crippen molar-refractivity contribution in [2.45, 2.75) is 44.6 Å². The average Bonchev–Trinajstić information content (AvgIpc) is 3.54. The lowest BCUT2D eigenvalue weighted by molar-refractivity contribution is -0.252. The van der Waals surface area contributed by atoms with Crippen LogP contribution in [0.2, 0.25) is 0 Å². The number of hydrogen-bond acceptors (Lipinski definition) is 6. The number of nitrogens with zero attached hydrogens (tertiary/aromatic N) is 2. The molecule has 1 aromatic heterocycles. The Balaban J connectivity index is 0.983. The lowest BCUT2D eigenvalue weighted by Crippen LogP contribution is -2.32. The van der Waals surface area contributed by atoms with Crippen LogP contribution >= 0.6 is 0 Å². The van der Waals surface area contributed by atoms with E-state index >= 15 is 0 Å². The first-order chi connectivity index (χ1) is 23.6. The second-order valence-corrected chi connectivity index (χ2v) is 11.7. The van der Waals surface area contributed by atoms with E-state index in [0.717, 1.165) is 39.0 Å². The van der Waals surface area contributed by atoms with Crippen LogP contribution in [0.1, 0.15) is 41.1 Å². The summed E-state index contributed by atoms with van der Waals surface area (Å²) in [7, 11) is 0. The molecule has 0 saturated carbocycles. The summed E-state index contributed by atoms with van der Waals surface area (Å²) in [5, 5.41) is 15.3. The minimum absolute atomic E-state index is 0.00551. The maximum atomic E-state index is 12.6. The molecule has 2 heterocycles. The summed E-state index contributed by atoms with van der Waals surface area (Å²) in [5.41, 5.74) is 6.38. The zero-order valence-electron chi connectivity index (χ0n) is 26.2. The fraction of sp³-hybridized carbons (Fsp3) is 0.179. The van der Waals surface area contributed by atoms with Crippen LogP contribution in [-0.2, 0) is 29.2 Å². The highest BCUT2D eigenvalue weighted by atomic mass is 16.7. The molecule has 1 aliphatic rings. The predicted molar refractivity (Wildman–Crippen MR) is 183 cm³/mol. The fourth-order valence-corrected chi connectivity index (χ4v) is 5.79. The van der Waals surface area contributed by atoms with Gasteiger partial charge in [0.15, 0.2) is 6.29 Å². The molecule has 242 valence electrons. The van der Waals surface area contributed by atoms with Crippen LogP contribution in [0.3, 0.4) is 0 Å². The van der Waals surface area contributed by atoms with Crippen LogP contribution in [0.5, 0.6) is 11.5 Å². The van der Waals surface area contributed by atoms with E-state index < -0.39 is 6.29 Å². The third-order valence-electron chi connectivity index (χ3n) is 8.34. The van der Waals surface area contributed by atoms with Crippen LogP contribution in [0.25, 0.3) is 11.0 Å². The molecular weight excluding hydrogens is 604 g/mol. The van der Waals surface area contributed by atoms with E-state index in [4.69, 9.17) is 14.2 Å². The topological polar surface area (TPSA) is 107 Å². The van der Waals surface area contributed by atoms with Gasteiger partial charge in [-0.2, -0.15) is 0 Å². The first-order valence-electron chi connectivity index (χ1n) is 16.0. The smallest absolute Gasteiger partial charge is 0.319 e. The molecule has 1 saturated heterocycles. The van der Waals surface area contributed by atoms with Gasteiger partial charge in [-0.3, -0.25) is 0 Å². The number of imidazole rings is 1. The summed E-state index contributed by atoms with van der Waals surface area (Å²) in [4.78, 5) is 17.2. The Morgan fingerprint density at radius 3 is 2.25 bits per heavy atom. The van der Waals surface area contributed by atoms with Crippen molar-refractivity contribution in [2.75, 3.05) is 5.32 Å². The van der Waals surface area contributed by atoms with E-state index in [1.54, 1.807) is 12.1 Å². The van der Waals surface area contributed by atoms with Crippen LogP contribution in [-0.4, -0.2) is 26.8 Å². The van der Waals surface area contributed by atoms with Gasteiger partial charge in [-0.1, -0.05) is 78.9 Å². The van der Waals surface area contributed by atoms with E-state index in [1.165, 1.54) is 0 Å². The van der Waals surface area contributed by atoms with E-state index in [9.17, 15) is 9.90 Å². The molecular formula is C39H36N4O5. The maximum absolute atomic E-state index is 12.6. The molecule has 9 heteroatoms. The van der Waals surface area contributed by atoms with Gasteiger partial charge in [0, 0.05) is 24.2 Å². The van der Waals surface area contributed by atoms with Gasteiger partial charge in [0.1, 0.15) is 11.5 Å². The van der Waals surface area contributed by atoms with E-state index in [-0.39, 0.29) is 24.8 Å². The Labute approximate surface area is 278 Å². The molecule has 0 unspecified atom stereocenters. The minimum Gasteiger partial charge on any atom is -0.457 e. The SMILES string of the molecule is O=C(NCc1ccc([C@@H]2O[C@H](Cn3cnc4ccccc43)C[C@H](c3ccc(CO)cc3)O2)cc1)Nc1ccc(Oc2ccccc2)cc1. The van der Waals surface area contributed by atoms with Crippen molar-refractivity contribution in [2.24, 2.45) is 0 Å². The second-order valence-electron chi connectivity index (χ2n) is 11.7. The number of ether oxygens (including phenoxy) is 3. The summed E-state index contributed by atoms with van der Waals surface area (Å²) in [6, 6.07) is 40.3. The number of anilines is 1. The number of carbonyl (C=O) groups is 1. The van der Waals surface area contributed by atoms with Gasteiger partial charge in [-0.05, 0) is 65.2 Å². The summed E-state index contributed by atoms with van der Waals surface area (Å²) in [5.74, 6) is 1.44. The van der Waals surface area contributed by atoms with Gasteiger partial charge in [0.05, 0.1) is 42.7 Å². The zero-order chi connectivity index (χ0) is 32.7. The van der Waals surface area contributed by atoms with Crippen molar-refractivity contribution in [3.05, 3.63) is 156 Å². The van der Waals surface area contributed by atoms with Crippen LogP contribution in [0.4, 0.5) is 10.5 Å². The molecule has 1 fully saturated rings. The van der Waals surface area contributed by atoms with Gasteiger partial charge in [0.25, 0.3) is 0 Å². The number of benzene rings is 5. The number of hydrogen-bond donors (Lipinski definition) is 3. The normalized spacial score (nSPS) is 17.6. The number of nitrogens with one attached hydrogen (secondary N) is 2. The minimum atomic E-state index is -0.583. The van der Waals surface area contributed by atoms with E-state index in [2.05, 4.69) is 26.3 Å². The predicted octanol–water partition coefficient (Wildman–Crippen LogP) is 7.89. The third-order valence-corrected chi connectivity index (χ3v) is 8.34. The Hall–Kier alpha value is -5.48. The average molecular weight is 641 g/mol. The quantitative estimate of drug-likeness (QED) is 0.141. The van der Waals surface area contributed by atoms with Crippen molar-refractivity contribution in [1.82, 2.24) is 14.9 Å². The Bertz CT molecular complexity index is 1940. The van der Waals surface area contributed by atoms with Gasteiger partial charge in [-0.25, -0.2) is 9.78 Å². The molecule has 6 aromatic rings. The second kappa shape index (κ2) is 14.5. The molecule has 7 rings (SSSR count). The molecule has 0 aliphatic carbocycles. The fourth-order valence-electron chi connectivity index (χ4n) is 5.79. The van der Waals surface area contributed by atoms with Crippen molar-refractivity contribution in [1.29, 1.82) is 0 Å². The number of amides is 2. The van der Waals surface area contributed by atoms with Crippen LogP contribution < -0.4 is 15.4 Å². The largest absolute Gasteiger partial charge is 0.457 e. The highest BCUT2D eigenvalue weighted by Crippen LogP contribution is 2.38. The van der Waals surface area contributed by atoms with Crippen molar-refractivity contribution in [3.8, 4) is 11.5 Å². The number of fused-ring (bicyclic) bond motifs is 1. The Morgan fingerprint density at radius 1 is 0.792 bits per heavy atom. The standard InChI is InChI=1S/C39H36N4O5/c44-25-28-12-14-29(15-13-28)37-22-34(24-43-26-41-35-8-4-5-9-36(35)43)47-38(48-37)30-16-10-27(11-17-30)23-40-39(45)42-31-18-20-33(21-19-31)46-32-6-2-1-3-7-32/h1-21,26,34,37-38,44H,22-25H2,(H2,40,42,45)/t34-,37+,38+/m0/s1. The van der Waals surface area contributed by atoms with Gasteiger partial charge < -0.3 is 34.5 Å². The molecule has 48 heavy (non-hydrogen) atoms. The number of rotatable bonds is 10. The number of aliphatic hydroxyl groups is 1. The van der Waals surface area contributed by atoms with Crippen molar-refractivity contribution in [3.63, 3.8) is 0 Å². The number of urea groups is 1. The van der Waals surface area contributed by atoms with Gasteiger partial charge in [0.2, 0.25) is 0 Å². The monoisotopic (exact) mass is 640 g/mol. The van der Waals surface area contributed by atoms with Gasteiger partial charge >= 0.3 is 6.03 Å². The summed E-state index contributed by atoms with van der Waals surface area (Å²) >= 11 is 0. The highest BCUT2D eigenvalue weighted by Gasteiger charge is 2.32. The van der Waals surface area contributed by atoms with Crippen molar-refractivity contribution >= 4 is 22.8 Å². The van der Waals surface area contributed by atoms with Crippen molar-refractivity contribution < 1.29 is 24.1 Å². The summed E-state index contributed by atoms with van der Waals surface area (Å²) < 4.78 is 21.0. The molecule has 1 aliphatic heterocycles. The molecule has 3 N–H and O–H groups in total. The van der Waals surface area contributed by atoms with Crippen LogP contribution in [0, 0.1) is 0 Å². The number of aromatic nitrogens is 2. The lowest BCUT2D eigenvalue weighted by atomic mass is 9.99. The highest BCUT2D eigenvalue weighted by molar-refractivity contribution is 5.89. The van der Waals surface area contributed by atoms with E-state index in [0.29, 0.717) is 30.9 Å².